The van der Waals surface area contributed by atoms with Crippen LogP contribution in [0.15, 0.2) is 60.9 Å². The molecule has 0 radical (unpaired) electrons. The van der Waals surface area contributed by atoms with Crippen LogP contribution in [0.5, 0.6) is 11.5 Å². The number of fused-ring (bicyclic) bond motifs is 1. The number of hydrogen-bond acceptors (Lipinski definition) is 5. The summed E-state index contributed by atoms with van der Waals surface area (Å²) in [6.45, 7) is 6.59. The average molecular weight is 389 g/mol. The van der Waals surface area contributed by atoms with Crippen LogP contribution < -0.4 is 20.1 Å². The van der Waals surface area contributed by atoms with Crippen LogP contribution in [-0.4, -0.2) is 17.7 Å². The van der Waals surface area contributed by atoms with E-state index in [-0.39, 0.29) is 18.1 Å². The molecule has 1 amide bonds. The largest absolute Gasteiger partial charge is 0.454 e. The normalized spacial score (nSPS) is 12.5. The number of hydrogen-bond donors (Lipinski definition) is 2. The fourth-order valence-electron chi connectivity index (χ4n) is 3.21. The highest BCUT2D eigenvalue weighted by molar-refractivity contribution is 6.05. The minimum absolute atomic E-state index is 0.0785. The number of anilines is 3. The van der Waals surface area contributed by atoms with Crippen LogP contribution in [0.2, 0.25) is 0 Å². The van der Waals surface area contributed by atoms with Gasteiger partial charge in [-0.15, -0.1) is 0 Å². The van der Waals surface area contributed by atoms with E-state index in [1.165, 1.54) is 0 Å². The Morgan fingerprint density at radius 3 is 2.59 bits per heavy atom. The van der Waals surface area contributed by atoms with E-state index in [1.54, 1.807) is 18.5 Å². The first-order chi connectivity index (χ1) is 13.9. The van der Waals surface area contributed by atoms with Crippen molar-refractivity contribution in [3.05, 3.63) is 72.1 Å². The Hall–Kier alpha value is -3.54. The first-order valence-corrected chi connectivity index (χ1v) is 9.43. The lowest BCUT2D eigenvalue weighted by Gasteiger charge is -2.23. The molecule has 0 saturated carbocycles. The highest BCUT2D eigenvalue weighted by atomic mass is 16.7. The van der Waals surface area contributed by atoms with Crippen molar-refractivity contribution in [3.8, 4) is 11.5 Å². The van der Waals surface area contributed by atoms with Crippen molar-refractivity contribution in [1.82, 2.24) is 4.98 Å². The summed E-state index contributed by atoms with van der Waals surface area (Å²) >= 11 is 0. The summed E-state index contributed by atoms with van der Waals surface area (Å²) in [7, 11) is 0. The number of para-hydroxylation sites is 1. The molecule has 0 aliphatic carbocycles. The third-order valence-corrected chi connectivity index (χ3v) is 4.64. The van der Waals surface area contributed by atoms with E-state index in [1.807, 2.05) is 42.5 Å². The van der Waals surface area contributed by atoms with Gasteiger partial charge in [0.2, 0.25) is 6.79 Å². The maximum atomic E-state index is 12.8. The summed E-state index contributed by atoms with van der Waals surface area (Å²) in [6.07, 6.45) is 3.23. The van der Waals surface area contributed by atoms with Crippen molar-refractivity contribution in [2.24, 2.45) is 0 Å². The van der Waals surface area contributed by atoms with E-state index >= 15 is 0 Å². The number of carbonyl (C=O) groups excluding carboxylic acids is 1. The van der Waals surface area contributed by atoms with Crippen LogP contribution in [0.25, 0.3) is 0 Å². The zero-order chi connectivity index (χ0) is 20.4. The highest BCUT2D eigenvalue weighted by Gasteiger charge is 2.19. The first kappa shape index (κ1) is 18.8. The lowest BCUT2D eigenvalue weighted by molar-refractivity contribution is 0.102. The predicted molar refractivity (Wildman–Crippen MR) is 113 cm³/mol. The van der Waals surface area contributed by atoms with Gasteiger partial charge in [0.15, 0.2) is 11.5 Å². The lowest BCUT2D eigenvalue weighted by Crippen LogP contribution is -2.18. The molecule has 2 N–H and O–H groups in total. The average Bonchev–Trinajstić information content (AvgIpc) is 3.15. The summed E-state index contributed by atoms with van der Waals surface area (Å²) in [6, 6.07) is 15.2. The molecule has 0 bridgehead atoms. The summed E-state index contributed by atoms with van der Waals surface area (Å²) in [5.41, 5.74) is 3.81. The van der Waals surface area contributed by atoms with Gasteiger partial charge in [-0.1, -0.05) is 39.0 Å². The number of pyridine rings is 1. The third-order valence-electron chi connectivity index (χ3n) is 4.64. The molecule has 1 aliphatic heterocycles. The zero-order valence-electron chi connectivity index (χ0n) is 16.7. The molecular formula is C23H23N3O3. The first-order valence-electron chi connectivity index (χ1n) is 9.43. The van der Waals surface area contributed by atoms with Crippen LogP contribution in [0.3, 0.4) is 0 Å². The van der Waals surface area contributed by atoms with Crippen LogP contribution >= 0.6 is 0 Å². The van der Waals surface area contributed by atoms with Crippen molar-refractivity contribution in [2.45, 2.75) is 26.2 Å². The Morgan fingerprint density at radius 2 is 1.76 bits per heavy atom. The monoisotopic (exact) mass is 389 g/mol. The smallest absolute Gasteiger partial charge is 0.257 e. The summed E-state index contributed by atoms with van der Waals surface area (Å²) in [4.78, 5) is 17.0. The number of carbonyl (C=O) groups is 1. The molecule has 0 spiro atoms. The molecule has 1 aromatic heterocycles. The van der Waals surface area contributed by atoms with E-state index < -0.39 is 0 Å². The van der Waals surface area contributed by atoms with Gasteiger partial charge in [0.1, 0.15) is 0 Å². The second-order valence-corrected chi connectivity index (χ2v) is 7.91. The summed E-state index contributed by atoms with van der Waals surface area (Å²) in [5, 5.41) is 6.27. The van der Waals surface area contributed by atoms with Crippen molar-refractivity contribution >= 4 is 23.0 Å². The van der Waals surface area contributed by atoms with Gasteiger partial charge >= 0.3 is 0 Å². The SMILES string of the molecule is CC(C)(C)c1ccccc1NC(=O)c1cncc(Nc2ccc3c(c2)OCO3)c1. The molecular weight excluding hydrogens is 366 g/mol. The zero-order valence-corrected chi connectivity index (χ0v) is 16.7. The van der Waals surface area contributed by atoms with Crippen LogP contribution in [0.4, 0.5) is 17.1 Å². The Kier molecular flexibility index (Phi) is 4.84. The van der Waals surface area contributed by atoms with E-state index in [0.29, 0.717) is 17.0 Å². The van der Waals surface area contributed by atoms with Crippen LogP contribution in [0, 0.1) is 0 Å². The van der Waals surface area contributed by atoms with Gasteiger partial charge in [0.05, 0.1) is 17.4 Å². The maximum absolute atomic E-state index is 12.8. The Balaban J connectivity index is 1.52. The quantitative estimate of drug-likeness (QED) is 0.649. The minimum Gasteiger partial charge on any atom is -0.454 e. The van der Waals surface area contributed by atoms with Gasteiger partial charge in [-0.2, -0.15) is 0 Å². The molecule has 2 aromatic carbocycles. The van der Waals surface area contributed by atoms with Gasteiger partial charge in [0.25, 0.3) is 5.91 Å². The Morgan fingerprint density at radius 1 is 0.966 bits per heavy atom. The Bertz CT molecular complexity index is 1060. The number of nitrogens with zero attached hydrogens (tertiary/aromatic N) is 1. The number of rotatable bonds is 4. The van der Waals surface area contributed by atoms with E-state index in [2.05, 4.69) is 36.4 Å². The summed E-state index contributed by atoms with van der Waals surface area (Å²) in [5.74, 6) is 1.21. The van der Waals surface area contributed by atoms with Crippen LogP contribution in [-0.2, 0) is 5.41 Å². The van der Waals surface area contributed by atoms with Crippen molar-refractivity contribution in [2.75, 3.05) is 17.4 Å². The van der Waals surface area contributed by atoms with Gasteiger partial charge < -0.3 is 20.1 Å². The number of aromatic nitrogens is 1. The summed E-state index contributed by atoms with van der Waals surface area (Å²) < 4.78 is 10.7. The van der Waals surface area contributed by atoms with Gasteiger partial charge in [-0.05, 0) is 35.2 Å². The number of nitrogens with one attached hydrogen (secondary N) is 2. The molecule has 6 heteroatoms. The number of ether oxygens (including phenoxy) is 2. The molecule has 0 unspecified atom stereocenters. The van der Waals surface area contributed by atoms with Crippen molar-refractivity contribution in [1.29, 1.82) is 0 Å². The molecule has 6 nitrogen and oxygen atoms in total. The molecule has 2 heterocycles. The highest BCUT2D eigenvalue weighted by Crippen LogP contribution is 2.35. The van der Waals surface area contributed by atoms with Crippen molar-refractivity contribution < 1.29 is 14.3 Å². The van der Waals surface area contributed by atoms with E-state index in [0.717, 1.165) is 22.7 Å². The number of benzene rings is 2. The van der Waals surface area contributed by atoms with Gasteiger partial charge in [-0.3, -0.25) is 9.78 Å². The molecule has 0 fully saturated rings. The second kappa shape index (κ2) is 7.47. The lowest BCUT2D eigenvalue weighted by atomic mass is 9.86. The topological polar surface area (TPSA) is 72.5 Å². The van der Waals surface area contributed by atoms with Crippen LogP contribution in [0.1, 0.15) is 36.7 Å². The van der Waals surface area contributed by atoms with E-state index in [4.69, 9.17) is 9.47 Å². The number of amides is 1. The molecule has 148 valence electrons. The molecule has 3 aromatic rings. The molecule has 29 heavy (non-hydrogen) atoms. The van der Waals surface area contributed by atoms with Gasteiger partial charge in [-0.25, -0.2) is 0 Å². The molecule has 0 saturated heterocycles. The maximum Gasteiger partial charge on any atom is 0.257 e. The molecule has 0 atom stereocenters. The predicted octanol–water partition coefficient (Wildman–Crippen LogP) is 5.10. The van der Waals surface area contributed by atoms with Crippen molar-refractivity contribution in [3.63, 3.8) is 0 Å². The fourth-order valence-corrected chi connectivity index (χ4v) is 3.21. The Labute approximate surface area is 169 Å². The second-order valence-electron chi connectivity index (χ2n) is 7.91. The molecule has 1 aliphatic rings. The fraction of sp³-hybridized carbons (Fsp3) is 0.217. The standard InChI is InChI=1S/C23H23N3O3/c1-23(2,3)18-6-4-5-7-19(18)26-22(27)15-10-17(13-24-12-15)25-16-8-9-20-21(11-16)29-14-28-20/h4-13,25H,14H2,1-3H3,(H,26,27). The minimum atomic E-state index is -0.205. The van der Waals surface area contributed by atoms with Gasteiger partial charge in [0, 0.05) is 23.6 Å². The van der Waals surface area contributed by atoms with E-state index in [9.17, 15) is 4.79 Å². The molecule has 4 rings (SSSR count). The third kappa shape index (κ3) is 4.16.